The second kappa shape index (κ2) is 22.0. The van der Waals surface area contributed by atoms with Gasteiger partial charge in [-0.25, -0.2) is 18.2 Å². The minimum atomic E-state index is -1.61. The number of aliphatic hydroxyl groups is 1. The molecule has 1 saturated heterocycles. The molecule has 0 radical (unpaired) electrons. The number of amides is 3. The molecule has 5 atom stereocenters. The number of rotatable bonds is 21. The third-order valence-corrected chi connectivity index (χ3v) is 14.7. The molecule has 18 heteroatoms. The van der Waals surface area contributed by atoms with Crippen molar-refractivity contribution in [1.82, 2.24) is 30.4 Å². The zero-order valence-corrected chi connectivity index (χ0v) is 42.9. The van der Waals surface area contributed by atoms with E-state index < -0.39 is 64.3 Å². The number of halogens is 3. The lowest BCUT2D eigenvalue weighted by molar-refractivity contribution is -0.145. The number of aromatic amines is 1. The lowest BCUT2D eigenvalue weighted by atomic mass is 9.85. The first-order valence-electron chi connectivity index (χ1n) is 24.7. The van der Waals surface area contributed by atoms with Crippen molar-refractivity contribution in [3.63, 3.8) is 0 Å². The molecule has 388 valence electrons. The topological polar surface area (TPSA) is 168 Å². The average molecular weight is 1020 g/mol. The fourth-order valence-corrected chi connectivity index (χ4v) is 10.8. The number of benzene rings is 3. The molecule has 4 heterocycles. The van der Waals surface area contributed by atoms with Crippen molar-refractivity contribution in [2.24, 2.45) is 5.41 Å². The van der Waals surface area contributed by atoms with Crippen molar-refractivity contribution in [3.05, 3.63) is 106 Å². The molecule has 5 aromatic rings. The van der Waals surface area contributed by atoms with E-state index in [2.05, 4.69) is 20.6 Å². The molecule has 8 rings (SSSR count). The lowest BCUT2D eigenvalue weighted by Gasteiger charge is -2.43. The summed E-state index contributed by atoms with van der Waals surface area (Å²) in [6.45, 7) is 12.6. The number of H-pyrrole nitrogens is 1. The molecule has 3 amide bonds. The first-order chi connectivity index (χ1) is 34.2. The number of carbonyl (C=O) groups excluding carboxylic acids is 3. The number of thiazole rings is 1. The van der Waals surface area contributed by atoms with Gasteiger partial charge in [-0.05, 0) is 75.1 Å². The van der Waals surface area contributed by atoms with Gasteiger partial charge in [-0.1, -0.05) is 63.2 Å². The smallest absolute Gasteiger partial charge is 0.246 e. The van der Waals surface area contributed by atoms with E-state index >= 15 is 13.2 Å². The monoisotopic (exact) mass is 1020 g/mol. The Bertz CT molecular complexity index is 2690. The molecular weight excluding hydrogens is 950 g/mol. The molecule has 72 heavy (non-hydrogen) atoms. The Morgan fingerprint density at radius 1 is 0.944 bits per heavy atom. The van der Waals surface area contributed by atoms with Crippen LogP contribution in [0.15, 0.2) is 66.2 Å². The van der Waals surface area contributed by atoms with E-state index in [0.717, 1.165) is 63.1 Å². The van der Waals surface area contributed by atoms with Crippen LogP contribution < -0.4 is 15.4 Å². The number of aromatic nitrogens is 2. The van der Waals surface area contributed by atoms with Crippen LogP contribution in [0.3, 0.4) is 0 Å². The van der Waals surface area contributed by atoms with Crippen LogP contribution >= 0.6 is 11.3 Å². The highest BCUT2D eigenvalue weighted by Gasteiger charge is 2.50. The van der Waals surface area contributed by atoms with Crippen molar-refractivity contribution < 1.29 is 51.6 Å². The molecule has 14 nitrogen and oxygen atoms in total. The SMILES string of the molecule is Cc1ncsc1-c1ccc(C2(NC(=O)[C@@H]3C[C@@H](O)CN3C(=O)[C@@H](NC(=O)COCCOCCOCCOc3cc(F)c([C@@H]4c5[nH]c6ccccc6c5C[C@@H](C)N4CC(C)(C)F)c(F)c3)C(C)(C)C)CC2)cc1. The van der Waals surface area contributed by atoms with E-state index in [1.54, 1.807) is 11.3 Å². The van der Waals surface area contributed by atoms with Gasteiger partial charge in [0, 0.05) is 59.8 Å². The molecule has 2 fully saturated rings. The van der Waals surface area contributed by atoms with Gasteiger partial charge in [-0.15, -0.1) is 11.3 Å². The van der Waals surface area contributed by atoms with Gasteiger partial charge >= 0.3 is 0 Å². The Labute approximate surface area is 422 Å². The number of alkyl halides is 1. The summed E-state index contributed by atoms with van der Waals surface area (Å²) >= 11 is 1.57. The first kappa shape index (κ1) is 52.9. The summed E-state index contributed by atoms with van der Waals surface area (Å²) in [5.41, 5.74) is 4.20. The number of fused-ring (bicyclic) bond motifs is 3. The van der Waals surface area contributed by atoms with E-state index in [9.17, 15) is 19.5 Å². The van der Waals surface area contributed by atoms with Crippen molar-refractivity contribution in [2.75, 3.05) is 59.3 Å². The van der Waals surface area contributed by atoms with Gasteiger partial charge in [0.2, 0.25) is 17.7 Å². The standard InChI is InChI=1S/C54H67F3N6O8S/c1-32-24-39-38-10-8-9-11-42(38)59-46(39)47(63(32)30-53(6,7)57)45-40(55)26-37(27-41(45)56)71-23-22-69-19-18-68-20-21-70-29-44(65)60-49(52(3,4)5)51(67)62-28-36(64)25-43(62)50(66)61-54(16-17-54)35-14-12-34(13-15-35)48-33(2)58-31-72-48/h8-15,26-27,31-32,36,43,47,49,59,64H,16-25,28-30H2,1-7H3,(H,60,65)(H,61,66)/t32-,36-,43+,47-,49-/m1/s1. The molecular formula is C54H67F3N6O8S. The lowest BCUT2D eigenvalue weighted by Crippen LogP contribution is -2.58. The number of para-hydroxylation sites is 1. The minimum absolute atomic E-state index is 0.00373. The van der Waals surface area contributed by atoms with E-state index in [0.29, 0.717) is 12.1 Å². The summed E-state index contributed by atoms with van der Waals surface area (Å²) in [4.78, 5) is 53.1. The Morgan fingerprint density at radius 3 is 2.22 bits per heavy atom. The predicted molar refractivity (Wildman–Crippen MR) is 268 cm³/mol. The Morgan fingerprint density at radius 2 is 1.60 bits per heavy atom. The van der Waals surface area contributed by atoms with Crippen LogP contribution in [0.5, 0.6) is 5.75 Å². The van der Waals surface area contributed by atoms with Gasteiger partial charge in [-0.3, -0.25) is 19.3 Å². The predicted octanol–water partition coefficient (Wildman–Crippen LogP) is 7.69. The van der Waals surface area contributed by atoms with Crippen LogP contribution in [-0.4, -0.2) is 132 Å². The van der Waals surface area contributed by atoms with Crippen molar-refractivity contribution >= 4 is 40.0 Å². The summed E-state index contributed by atoms with van der Waals surface area (Å²) in [5, 5.41) is 17.7. The second-order valence-corrected chi connectivity index (χ2v) is 21.9. The summed E-state index contributed by atoms with van der Waals surface area (Å²) < 4.78 is 69.6. The van der Waals surface area contributed by atoms with Gasteiger partial charge in [0.1, 0.15) is 48.4 Å². The highest BCUT2D eigenvalue weighted by atomic mass is 32.1. The molecule has 2 aliphatic heterocycles. The quantitative estimate of drug-likeness (QED) is 0.0536. The zero-order valence-electron chi connectivity index (χ0n) is 42.1. The third kappa shape index (κ3) is 12.2. The first-order valence-corrected chi connectivity index (χ1v) is 25.6. The number of likely N-dealkylation sites (tertiary alicyclic amines) is 1. The maximum absolute atomic E-state index is 16.0. The number of aliphatic hydroxyl groups excluding tert-OH is 1. The van der Waals surface area contributed by atoms with E-state index in [-0.39, 0.29) is 89.0 Å². The van der Waals surface area contributed by atoms with Gasteiger partial charge in [0.15, 0.2) is 0 Å². The molecule has 0 unspecified atom stereocenters. The second-order valence-electron chi connectivity index (χ2n) is 21.0. The number of nitrogens with one attached hydrogen (secondary N) is 3. The van der Waals surface area contributed by atoms with Crippen LogP contribution in [-0.2, 0) is 40.6 Å². The molecule has 2 aromatic heterocycles. The molecule has 1 aliphatic carbocycles. The van der Waals surface area contributed by atoms with E-state index in [1.807, 2.05) is 93.6 Å². The van der Waals surface area contributed by atoms with Crippen LogP contribution in [0.25, 0.3) is 21.3 Å². The molecule has 0 spiro atoms. The van der Waals surface area contributed by atoms with Crippen molar-refractivity contribution in [2.45, 2.75) is 116 Å². The number of ether oxygens (including phenoxy) is 4. The number of nitrogens with zero attached hydrogens (tertiary/aromatic N) is 3. The van der Waals surface area contributed by atoms with E-state index in [1.165, 1.54) is 18.7 Å². The maximum atomic E-state index is 16.0. The van der Waals surface area contributed by atoms with Crippen molar-refractivity contribution in [3.8, 4) is 16.2 Å². The van der Waals surface area contributed by atoms with E-state index in [4.69, 9.17) is 18.9 Å². The van der Waals surface area contributed by atoms with Gasteiger partial charge in [0.05, 0.1) is 66.8 Å². The molecule has 4 N–H and O–H groups in total. The van der Waals surface area contributed by atoms with Crippen molar-refractivity contribution in [1.29, 1.82) is 0 Å². The number of β-amino-alcohol motifs (C(OH)–C–C–N with tert-alkyl or cyclic N) is 1. The normalized spacial score (nSPS) is 20.3. The Hall–Kier alpha value is -5.37. The van der Waals surface area contributed by atoms with Gasteiger partial charge in [0.25, 0.3) is 0 Å². The van der Waals surface area contributed by atoms with Crippen LogP contribution in [0.2, 0.25) is 0 Å². The number of hydrogen-bond acceptors (Lipinski definition) is 11. The third-order valence-electron chi connectivity index (χ3n) is 13.7. The number of carbonyl (C=O) groups is 3. The highest BCUT2D eigenvalue weighted by molar-refractivity contribution is 7.13. The van der Waals surface area contributed by atoms with Crippen LogP contribution in [0.4, 0.5) is 13.2 Å². The minimum Gasteiger partial charge on any atom is -0.491 e. The Kier molecular flexibility index (Phi) is 16.2. The maximum Gasteiger partial charge on any atom is 0.246 e. The van der Waals surface area contributed by atoms with Gasteiger partial charge in [-0.2, -0.15) is 0 Å². The van der Waals surface area contributed by atoms with Gasteiger partial charge < -0.3 is 44.6 Å². The summed E-state index contributed by atoms with van der Waals surface area (Å²) in [6.07, 6.45) is 1.28. The largest absolute Gasteiger partial charge is 0.491 e. The molecule has 0 bridgehead atoms. The molecule has 1 saturated carbocycles. The number of hydrogen-bond donors (Lipinski definition) is 4. The molecule has 3 aromatic carbocycles. The summed E-state index contributed by atoms with van der Waals surface area (Å²) in [6, 6.07) is 15.1. The fraction of sp³-hybridized carbons (Fsp3) is 0.519. The zero-order chi connectivity index (χ0) is 51.5. The highest BCUT2D eigenvalue weighted by Crippen LogP contribution is 2.47. The summed E-state index contributed by atoms with van der Waals surface area (Å²) in [5.74, 6) is -2.93. The summed E-state index contributed by atoms with van der Waals surface area (Å²) in [7, 11) is 0. The van der Waals surface area contributed by atoms with Crippen LogP contribution in [0, 0.1) is 24.0 Å². The fourth-order valence-electron chi connectivity index (χ4n) is 10.00. The molecule has 3 aliphatic rings. The van der Waals surface area contributed by atoms with Crippen LogP contribution in [0.1, 0.15) is 94.9 Å². The average Bonchev–Trinajstić information content (AvgIpc) is 3.57. The number of aryl methyl sites for hydroxylation is 1. The Balaban J connectivity index is 0.749.